The van der Waals surface area contributed by atoms with Crippen molar-refractivity contribution in [2.75, 3.05) is 20.6 Å². The Morgan fingerprint density at radius 2 is 2.33 bits per heavy atom. The Hall–Kier alpha value is -0.540. The maximum Gasteiger partial charge on any atom is 0.0948 e. The highest BCUT2D eigenvalue weighted by molar-refractivity contribution is 6.16. The third-order valence-electron chi connectivity index (χ3n) is 1.72. The Morgan fingerprint density at radius 3 is 2.92 bits per heavy atom. The standard InChI is InChI=1S/C8H14ClN3/c1-11(2)3-4-12-7-10-6-8(12)5-9/h6-7H,3-5H2,1-2H3. The van der Waals surface area contributed by atoms with E-state index in [9.17, 15) is 0 Å². The molecule has 0 radical (unpaired) electrons. The second-order valence-electron chi connectivity index (χ2n) is 3.02. The molecule has 0 aliphatic rings. The van der Waals surface area contributed by atoms with E-state index < -0.39 is 0 Å². The molecular weight excluding hydrogens is 174 g/mol. The van der Waals surface area contributed by atoms with Crippen LogP contribution < -0.4 is 0 Å². The van der Waals surface area contributed by atoms with Gasteiger partial charge >= 0.3 is 0 Å². The zero-order valence-electron chi connectivity index (χ0n) is 7.50. The molecule has 0 aromatic carbocycles. The number of imidazole rings is 1. The Kier molecular flexibility index (Phi) is 3.56. The molecule has 0 atom stereocenters. The quantitative estimate of drug-likeness (QED) is 0.661. The largest absolute Gasteiger partial charge is 0.332 e. The summed E-state index contributed by atoms with van der Waals surface area (Å²) in [4.78, 5) is 6.17. The molecule has 1 aromatic heterocycles. The summed E-state index contributed by atoms with van der Waals surface area (Å²) in [6, 6.07) is 0. The smallest absolute Gasteiger partial charge is 0.0948 e. The van der Waals surface area contributed by atoms with Crippen LogP contribution in [0, 0.1) is 0 Å². The van der Waals surface area contributed by atoms with E-state index in [-0.39, 0.29) is 0 Å². The summed E-state index contributed by atoms with van der Waals surface area (Å²) >= 11 is 5.71. The highest BCUT2D eigenvalue weighted by atomic mass is 35.5. The molecule has 0 fully saturated rings. The predicted octanol–water partition coefficient (Wildman–Crippen LogP) is 1.18. The van der Waals surface area contributed by atoms with Crippen LogP contribution in [-0.4, -0.2) is 35.1 Å². The van der Waals surface area contributed by atoms with Crippen molar-refractivity contribution < 1.29 is 0 Å². The van der Waals surface area contributed by atoms with Crippen LogP contribution >= 0.6 is 11.6 Å². The van der Waals surface area contributed by atoms with E-state index in [1.165, 1.54) is 0 Å². The van der Waals surface area contributed by atoms with Crippen LogP contribution in [0.5, 0.6) is 0 Å². The molecule has 0 bridgehead atoms. The SMILES string of the molecule is CN(C)CCn1cncc1CCl. The third kappa shape index (κ3) is 2.50. The Labute approximate surface area is 78.0 Å². The van der Waals surface area contributed by atoms with Crippen molar-refractivity contribution >= 4 is 11.6 Å². The van der Waals surface area contributed by atoms with E-state index in [0.717, 1.165) is 18.8 Å². The van der Waals surface area contributed by atoms with Crippen LogP contribution in [0.3, 0.4) is 0 Å². The normalized spacial score (nSPS) is 11.0. The highest BCUT2D eigenvalue weighted by Gasteiger charge is 1.99. The van der Waals surface area contributed by atoms with E-state index in [4.69, 9.17) is 11.6 Å². The average Bonchev–Trinajstić information content (AvgIpc) is 2.47. The van der Waals surface area contributed by atoms with Gasteiger partial charge in [-0.25, -0.2) is 4.98 Å². The van der Waals surface area contributed by atoms with Gasteiger partial charge < -0.3 is 9.47 Å². The lowest BCUT2D eigenvalue weighted by Gasteiger charge is -2.11. The van der Waals surface area contributed by atoms with Crippen LogP contribution in [-0.2, 0) is 12.4 Å². The van der Waals surface area contributed by atoms with Crippen molar-refractivity contribution in [1.29, 1.82) is 0 Å². The number of alkyl halides is 1. The van der Waals surface area contributed by atoms with E-state index in [1.54, 1.807) is 0 Å². The molecule has 0 saturated carbocycles. The summed E-state index contributed by atoms with van der Waals surface area (Å²) in [6.45, 7) is 1.97. The second-order valence-corrected chi connectivity index (χ2v) is 3.28. The molecule has 1 aromatic rings. The summed E-state index contributed by atoms with van der Waals surface area (Å²) in [5.74, 6) is 0.535. The first-order chi connectivity index (χ1) is 5.74. The minimum atomic E-state index is 0.535. The molecule has 0 aliphatic heterocycles. The van der Waals surface area contributed by atoms with E-state index >= 15 is 0 Å². The number of hydrogen-bond acceptors (Lipinski definition) is 2. The van der Waals surface area contributed by atoms with E-state index in [0.29, 0.717) is 5.88 Å². The lowest BCUT2D eigenvalue weighted by Crippen LogP contribution is -2.18. The predicted molar refractivity (Wildman–Crippen MR) is 50.3 cm³/mol. The van der Waals surface area contributed by atoms with Gasteiger partial charge in [0.1, 0.15) is 0 Å². The lowest BCUT2D eigenvalue weighted by molar-refractivity contribution is 0.382. The van der Waals surface area contributed by atoms with Crippen LogP contribution in [0.25, 0.3) is 0 Å². The molecule has 1 rings (SSSR count). The van der Waals surface area contributed by atoms with Crippen LogP contribution in [0.2, 0.25) is 0 Å². The molecule has 12 heavy (non-hydrogen) atoms. The van der Waals surface area contributed by atoms with E-state index in [1.807, 2.05) is 12.5 Å². The van der Waals surface area contributed by atoms with Gasteiger partial charge in [0.05, 0.1) is 17.9 Å². The van der Waals surface area contributed by atoms with Crippen molar-refractivity contribution in [3.63, 3.8) is 0 Å². The number of halogens is 1. The van der Waals surface area contributed by atoms with Crippen LogP contribution in [0.4, 0.5) is 0 Å². The first-order valence-electron chi connectivity index (χ1n) is 3.93. The van der Waals surface area contributed by atoms with Crippen molar-refractivity contribution in [2.24, 2.45) is 0 Å². The molecule has 0 aliphatic carbocycles. The minimum absolute atomic E-state index is 0.535. The molecule has 1 heterocycles. The second kappa shape index (κ2) is 4.48. The fourth-order valence-electron chi connectivity index (χ4n) is 0.969. The first-order valence-corrected chi connectivity index (χ1v) is 4.47. The fraction of sp³-hybridized carbons (Fsp3) is 0.625. The first kappa shape index (κ1) is 9.55. The number of nitrogens with zero attached hydrogens (tertiary/aromatic N) is 3. The lowest BCUT2D eigenvalue weighted by atomic mass is 10.5. The summed E-state index contributed by atoms with van der Waals surface area (Å²) in [7, 11) is 4.11. The number of aromatic nitrogens is 2. The molecule has 3 nitrogen and oxygen atoms in total. The number of hydrogen-bond donors (Lipinski definition) is 0. The monoisotopic (exact) mass is 187 g/mol. The molecule has 0 amide bonds. The van der Waals surface area contributed by atoms with Crippen molar-refractivity contribution in [2.45, 2.75) is 12.4 Å². The third-order valence-corrected chi connectivity index (χ3v) is 2.00. The molecular formula is C8H14ClN3. The number of likely N-dealkylation sites (N-methyl/N-ethyl adjacent to an activating group) is 1. The summed E-state index contributed by atoms with van der Waals surface area (Å²) in [5.41, 5.74) is 1.08. The highest BCUT2D eigenvalue weighted by Crippen LogP contribution is 2.02. The van der Waals surface area contributed by atoms with Gasteiger partial charge in [-0.1, -0.05) is 0 Å². The molecule has 0 spiro atoms. The Balaban J connectivity index is 2.50. The van der Waals surface area contributed by atoms with Gasteiger partial charge in [-0.15, -0.1) is 11.6 Å². The molecule has 4 heteroatoms. The molecule has 68 valence electrons. The summed E-state index contributed by atoms with van der Waals surface area (Å²) < 4.78 is 2.08. The van der Waals surface area contributed by atoms with Crippen LogP contribution in [0.1, 0.15) is 5.69 Å². The van der Waals surface area contributed by atoms with Gasteiger partial charge in [0, 0.05) is 19.3 Å². The van der Waals surface area contributed by atoms with Gasteiger partial charge in [-0.05, 0) is 14.1 Å². The van der Waals surface area contributed by atoms with Gasteiger partial charge in [0.15, 0.2) is 0 Å². The molecule has 0 saturated heterocycles. The van der Waals surface area contributed by atoms with Crippen LogP contribution in [0.15, 0.2) is 12.5 Å². The molecule has 0 unspecified atom stereocenters. The maximum atomic E-state index is 5.71. The topological polar surface area (TPSA) is 21.1 Å². The maximum absolute atomic E-state index is 5.71. The Bertz CT molecular complexity index is 232. The zero-order valence-corrected chi connectivity index (χ0v) is 8.25. The van der Waals surface area contributed by atoms with Gasteiger partial charge in [0.25, 0.3) is 0 Å². The molecule has 0 N–H and O–H groups in total. The summed E-state index contributed by atoms with van der Waals surface area (Å²) in [6.07, 6.45) is 3.63. The van der Waals surface area contributed by atoms with Gasteiger partial charge in [-0.2, -0.15) is 0 Å². The van der Waals surface area contributed by atoms with E-state index in [2.05, 4.69) is 28.5 Å². The fourth-order valence-corrected chi connectivity index (χ4v) is 1.19. The zero-order chi connectivity index (χ0) is 8.97. The average molecular weight is 188 g/mol. The van der Waals surface area contributed by atoms with Crippen molar-refractivity contribution in [3.8, 4) is 0 Å². The van der Waals surface area contributed by atoms with Gasteiger partial charge in [0.2, 0.25) is 0 Å². The summed E-state index contributed by atoms with van der Waals surface area (Å²) in [5, 5.41) is 0. The van der Waals surface area contributed by atoms with Gasteiger partial charge in [-0.3, -0.25) is 0 Å². The van der Waals surface area contributed by atoms with Crippen molar-refractivity contribution in [1.82, 2.24) is 14.5 Å². The number of rotatable bonds is 4. The van der Waals surface area contributed by atoms with Crippen molar-refractivity contribution in [3.05, 3.63) is 18.2 Å². The minimum Gasteiger partial charge on any atom is -0.332 e. The Morgan fingerprint density at radius 1 is 1.58 bits per heavy atom.